The molecule has 1 amide bonds. The maximum Gasteiger partial charge on any atom is 0.251 e. The fraction of sp³-hybridized carbons (Fsp3) is 0.417. The lowest BCUT2D eigenvalue weighted by Gasteiger charge is -2.07. The fourth-order valence-corrected chi connectivity index (χ4v) is 1.98. The third kappa shape index (κ3) is 3.27. The number of carbonyl (C=O) groups is 1. The molecule has 0 aliphatic heterocycles. The van der Waals surface area contributed by atoms with Crippen LogP contribution in [0.15, 0.2) is 12.1 Å². The summed E-state index contributed by atoms with van der Waals surface area (Å²) in [5.74, 6) is 0.644. The molecule has 17 heavy (non-hydrogen) atoms. The Morgan fingerprint density at radius 1 is 1.41 bits per heavy atom. The van der Waals surface area contributed by atoms with Gasteiger partial charge in [0.15, 0.2) is 0 Å². The van der Waals surface area contributed by atoms with Gasteiger partial charge in [-0.1, -0.05) is 36.0 Å². The monoisotopic (exact) mass is 272 g/mol. The van der Waals surface area contributed by atoms with Crippen LogP contribution in [-0.4, -0.2) is 12.5 Å². The Morgan fingerprint density at radius 2 is 2.12 bits per heavy atom. The number of hydrogen-bond acceptors (Lipinski definition) is 2. The van der Waals surface area contributed by atoms with Crippen molar-refractivity contribution in [3.05, 3.63) is 27.7 Å². The van der Waals surface area contributed by atoms with Gasteiger partial charge in [0.05, 0.1) is 15.7 Å². The zero-order valence-corrected chi connectivity index (χ0v) is 10.8. The molecular weight excluding hydrogens is 259 g/mol. The van der Waals surface area contributed by atoms with Gasteiger partial charge in [-0.05, 0) is 24.5 Å². The number of rotatable bonds is 4. The van der Waals surface area contributed by atoms with Gasteiger partial charge in [-0.15, -0.1) is 0 Å². The van der Waals surface area contributed by atoms with Crippen molar-refractivity contribution in [2.24, 2.45) is 5.92 Å². The predicted octanol–water partition coefficient (Wildman–Crippen LogP) is 3.11. The quantitative estimate of drug-likeness (QED) is 0.828. The van der Waals surface area contributed by atoms with Crippen molar-refractivity contribution in [1.29, 1.82) is 0 Å². The van der Waals surface area contributed by atoms with Gasteiger partial charge in [-0.2, -0.15) is 0 Å². The molecule has 0 heterocycles. The second-order valence-electron chi connectivity index (χ2n) is 4.35. The van der Waals surface area contributed by atoms with E-state index >= 15 is 0 Å². The number of anilines is 1. The number of nitrogens with one attached hydrogen (secondary N) is 1. The lowest BCUT2D eigenvalue weighted by molar-refractivity contribution is 0.0952. The number of nitrogen functional groups attached to an aromatic ring is 1. The lowest BCUT2D eigenvalue weighted by Crippen LogP contribution is -2.24. The van der Waals surface area contributed by atoms with Gasteiger partial charge in [-0.25, -0.2) is 0 Å². The van der Waals surface area contributed by atoms with Crippen LogP contribution in [0.4, 0.5) is 5.69 Å². The number of halogens is 2. The van der Waals surface area contributed by atoms with Crippen molar-refractivity contribution in [1.82, 2.24) is 5.32 Å². The van der Waals surface area contributed by atoms with Crippen molar-refractivity contribution in [2.45, 2.75) is 19.3 Å². The molecule has 1 saturated carbocycles. The summed E-state index contributed by atoms with van der Waals surface area (Å²) in [7, 11) is 0. The standard InChI is InChI=1S/C12H14Cl2N2O/c13-9-5-8(6-10(15)11(9)14)12(17)16-4-3-7-1-2-7/h5-7H,1-4,15H2,(H,16,17). The third-order valence-corrected chi connectivity index (χ3v) is 3.67. The van der Waals surface area contributed by atoms with Gasteiger partial charge >= 0.3 is 0 Å². The van der Waals surface area contributed by atoms with Crippen LogP contribution in [0.5, 0.6) is 0 Å². The lowest BCUT2D eigenvalue weighted by atomic mass is 10.2. The van der Waals surface area contributed by atoms with Crippen molar-refractivity contribution >= 4 is 34.8 Å². The number of benzene rings is 1. The summed E-state index contributed by atoms with van der Waals surface area (Å²) in [6.07, 6.45) is 3.62. The van der Waals surface area contributed by atoms with E-state index in [9.17, 15) is 4.79 Å². The Labute approximate surface area is 110 Å². The Balaban J connectivity index is 1.97. The van der Waals surface area contributed by atoms with E-state index in [-0.39, 0.29) is 5.91 Å². The molecule has 3 N–H and O–H groups in total. The minimum atomic E-state index is -0.157. The summed E-state index contributed by atoms with van der Waals surface area (Å²) in [6.45, 7) is 0.698. The minimum Gasteiger partial charge on any atom is -0.397 e. The highest BCUT2D eigenvalue weighted by Gasteiger charge is 2.20. The van der Waals surface area contributed by atoms with E-state index in [1.807, 2.05) is 0 Å². The largest absolute Gasteiger partial charge is 0.397 e. The van der Waals surface area contributed by atoms with Crippen molar-refractivity contribution in [3.8, 4) is 0 Å². The van der Waals surface area contributed by atoms with Gasteiger partial charge in [0.2, 0.25) is 0 Å². The topological polar surface area (TPSA) is 55.1 Å². The molecule has 1 aliphatic carbocycles. The number of carbonyl (C=O) groups excluding carboxylic acids is 1. The van der Waals surface area contributed by atoms with E-state index in [2.05, 4.69) is 5.32 Å². The summed E-state index contributed by atoms with van der Waals surface area (Å²) in [5, 5.41) is 3.45. The zero-order valence-electron chi connectivity index (χ0n) is 9.30. The first kappa shape index (κ1) is 12.5. The number of nitrogens with two attached hydrogens (primary N) is 1. The number of amides is 1. The maximum atomic E-state index is 11.8. The van der Waals surface area contributed by atoms with Gasteiger partial charge in [0, 0.05) is 12.1 Å². The first-order chi connectivity index (χ1) is 8.08. The third-order valence-electron chi connectivity index (χ3n) is 2.85. The highest BCUT2D eigenvalue weighted by atomic mass is 35.5. The minimum absolute atomic E-state index is 0.157. The number of hydrogen-bond donors (Lipinski definition) is 2. The zero-order chi connectivity index (χ0) is 12.4. The summed E-state index contributed by atoms with van der Waals surface area (Å²) in [5.41, 5.74) is 6.43. The maximum absolute atomic E-state index is 11.8. The molecule has 0 saturated heterocycles. The molecule has 0 atom stereocenters. The molecule has 3 nitrogen and oxygen atoms in total. The van der Waals surface area contributed by atoms with Crippen LogP contribution in [0.2, 0.25) is 10.0 Å². The summed E-state index contributed by atoms with van der Waals surface area (Å²) < 4.78 is 0. The van der Waals surface area contributed by atoms with E-state index in [0.717, 1.165) is 12.3 Å². The highest BCUT2D eigenvalue weighted by Crippen LogP contribution is 2.32. The smallest absolute Gasteiger partial charge is 0.251 e. The van der Waals surface area contributed by atoms with E-state index < -0.39 is 0 Å². The first-order valence-electron chi connectivity index (χ1n) is 5.60. The van der Waals surface area contributed by atoms with E-state index in [1.54, 1.807) is 6.07 Å². The molecule has 0 spiro atoms. The SMILES string of the molecule is Nc1cc(C(=O)NCCC2CC2)cc(Cl)c1Cl. The molecule has 0 bridgehead atoms. The van der Waals surface area contributed by atoms with Crippen LogP contribution in [0.3, 0.4) is 0 Å². The van der Waals surface area contributed by atoms with Crippen molar-refractivity contribution < 1.29 is 4.79 Å². The van der Waals surface area contributed by atoms with Gasteiger partial charge in [-0.3, -0.25) is 4.79 Å². The first-order valence-corrected chi connectivity index (χ1v) is 6.36. The average Bonchev–Trinajstić information content (AvgIpc) is 3.09. The molecule has 1 aromatic rings. The molecule has 5 heteroatoms. The van der Waals surface area contributed by atoms with Gasteiger partial charge in [0.1, 0.15) is 0 Å². The van der Waals surface area contributed by atoms with Gasteiger partial charge in [0.25, 0.3) is 5.91 Å². The Morgan fingerprint density at radius 3 is 2.71 bits per heavy atom. The van der Waals surface area contributed by atoms with E-state index in [0.29, 0.717) is 27.8 Å². The van der Waals surface area contributed by atoms with Crippen molar-refractivity contribution in [2.75, 3.05) is 12.3 Å². The summed E-state index contributed by atoms with van der Waals surface area (Å²) in [6, 6.07) is 3.08. The fourth-order valence-electron chi connectivity index (χ4n) is 1.64. The molecule has 1 aromatic carbocycles. The van der Waals surface area contributed by atoms with Crippen LogP contribution in [0.1, 0.15) is 29.6 Å². The summed E-state index contributed by atoms with van der Waals surface area (Å²) in [4.78, 5) is 11.8. The highest BCUT2D eigenvalue weighted by molar-refractivity contribution is 6.43. The van der Waals surface area contributed by atoms with E-state index in [4.69, 9.17) is 28.9 Å². The Hall–Kier alpha value is -0.930. The molecule has 0 aromatic heterocycles. The van der Waals surface area contributed by atoms with Crippen LogP contribution in [0, 0.1) is 5.92 Å². The molecule has 1 aliphatic rings. The second kappa shape index (κ2) is 5.15. The average molecular weight is 273 g/mol. The molecule has 1 fully saturated rings. The molecular formula is C12H14Cl2N2O. The van der Waals surface area contributed by atoms with Crippen LogP contribution >= 0.6 is 23.2 Å². The van der Waals surface area contributed by atoms with E-state index in [1.165, 1.54) is 18.9 Å². The Kier molecular flexibility index (Phi) is 3.79. The molecule has 0 unspecified atom stereocenters. The van der Waals surface area contributed by atoms with Crippen LogP contribution < -0.4 is 11.1 Å². The predicted molar refractivity (Wildman–Crippen MR) is 70.5 cm³/mol. The second-order valence-corrected chi connectivity index (χ2v) is 5.13. The molecule has 2 rings (SSSR count). The summed E-state index contributed by atoms with van der Waals surface area (Å²) >= 11 is 11.7. The molecule has 0 radical (unpaired) electrons. The van der Waals surface area contributed by atoms with Crippen molar-refractivity contribution in [3.63, 3.8) is 0 Å². The van der Waals surface area contributed by atoms with Gasteiger partial charge < -0.3 is 11.1 Å². The molecule has 92 valence electrons. The normalized spacial score (nSPS) is 14.7. The van der Waals surface area contributed by atoms with Crippen LogP contribution in [0.25, 0.3) is 0 Å². The van der Waals surface area contributed by atoms with Crippen LogP contribution in [-0.2, 0) is 0 Å². The Bertz CT molecular complexity index is 421.